The van der Waals surface area contributed by atoms with Gasteiger partial charge < -0.3 is 10.1 Å². The fourth-order valence-electron chi connectivity index (χ4n) is 2.45. The number of aromatic nitrogens is 1. The Morgan fingerprint density at radius 1 is 1.08 bits per heavy atom. The molecular weight excluding hydrogens is 314 g/mol. The van der Waals surface area contributed by atoms with Crippen LogP contribution in [0.4, 0.5) is 14.5 Å². The summed E-state index contributed by atoms with van der Waals surface area (Å²) in [5, 5.41) is 3.54. The molecule has 1 aromatic heterocycles. The van der Waals surface area contributed by atoms with Crippen molar-refractivity contribution in [1.29, 1.82) is 0 Å². The number of anilines is 1. The van der Waals surface area contributed by atoms with Gasteiger partial charge in [0.25, 0.3) is 0 Å². The highest BCUT2D eigenvalue weighted by Crippen LogP contribution is 2.26. The maximum Gasteiger partial charge on any atom is 0.387 e. The zero-order chi connectivity index (χ0) is 16.9. The molecular formula is C18H14F2N2O2. The minimum atomic E-state index is -2.95. The summed E-state index contributed by atoms with van der Waals surface area (Å²) in [6.07, 6.45) is 1.74. The second kappa shape index (κ2) is 7.04. The van der Waals surface area contributed by atoms with E-state index < -0.39 is 6.61 Å². The lowest BCUT2D eigenvalue weighted by molar-refractivity contribution is -0.115. The number of pyridine rings is 1. The predicted octanol–water partition coefficient (Wildman–Crippen LogP) is 4.02. The fraction of sp³-hybridized carbons (Fsp3) is 0.111. The number of para-hydroxylation sites is 3. The topological polar surface area (TPSA) is 51.2 Å². The molecule has 24 heavy (non-hydrogen) atoms. The van der Waals surface area contributed by atoms with Crippen LogP contribution in [0.1, 0.15) is 5.56 Å². The minimum Gasteiger partial charge on any atom is -0.433 e. The molecule has 0 aliphatic carbocycles. The Kier molecular flexibility index (Phi) is 4.65. The molecule has 3 aromatic rings. The molecule has 0 unspecified atom stereocenters. The van der Waals surface area contributed by atoms with Crippen LogP contribution in [-0.2, 0) is 11.2 Å². The van der Waals surface area contributed by atoms with Gasteiger partial charge in [0.05, 0.1) is 17.6 Å². The summed E-state index contributed by atoms with van der Waals surface area (Å²) in [4.78, 5) is 16.6. The van der Waals surface area contributed by atoms with E-state index in [9.17, 15) is 13.6 Å². The van der Waals surface area contributed by atoms with Gasteiger partial charge in [-0.15, -0.1) is 0 Å². The third-order valence-electron chi connectivity index (χ3n) is 3.44. The minimum absolute atomic E-state index is 0.0723. The van der Waals surface area contributed by atoms with E-state index in [0.29, 0.717) is 0 Å². The largest absolute Gasteiger partial charge is 0.433 e. The molecule has 0 aliphatic heterocycles. The van der Waals surface area contributed by atoms with Gasteiger partial charge in [0.15, 0.2) is 0 Å². The number of nitrogens with one attached hydrogen (secondary N) is 1. The highest BCUT2D eigenvalue weighted by Gasteiger charge is 2.13. The number of carbonyl (C=O) groups excluding carboxylic acids is 1. The summed E-state index contributed by atoms with van der Waals surface area (Å²) in [6, 6.07) is 15.4. The molecule has 0 bridgehead atoms. The van der Waals surface area contributed by atoms with Gasteiger partial charge in [0.2, 0.25) is 5.91 Å². The number of hydrogen-bond donors (Lipinski definition) is 1. The Labute approximate surface area is 137 Å². The van der Waals surface area contributed by atoms with Crippen LogP contribution >= 0.6 is 0 Å². The molecule has 0 aliphatic rings. The number of hydrogen-bond acceptors (Lipinski definition) is 3. The van der Waals surface area contributed by atoms with Crippen molar-refractivity contribution in [3.05, 3.63) is 66.4 Å². The van der Waals surface area contributed by atoms with Crippen LogP contribution in [-0.4, -0.2) is 17.5 Å². The first-order chi connectivity index (χ1) is 11.6. The van der Waals surface area contributed by atoms with Crippen LogP contribution in [0, 0.1) is 0 Å². The van der Waals surface area contributed by atoms with E-state index in [-0.39, 0.29) is 23.8 Å². The van der Waals surface area contributed by atoms with Crippen LogP contribution in [0.25, 0.3) is 10.9 Å². The number of nitrogens with zero attached hydrogens (tertiary/aromatic N) is 1. The average Bonchev–Trinajstić information content (AvgIpc) is 2.56. The highest BCUT2D eigenvalue weighted by atomic mass is 19.3. The van der Waals surface area contributed by atoms with Crippen LogP contribution < -0.4 is 10.1 Å². The maximum absolute atomic E-state index is 12.4. The number of amides is 1. The lowest BCUT2D eigenvalue weighted by atomic mass is 10.1. The molecule has 0 spiro atoms. The quantitative estimate of drug-likeness (QED) is 0.770. The Bertz CT molecular complexity index is 863. The molecule has 0 radical (unpaired) electrons. The van der Waals surface area contributed by atoms with Crippen molar-refractivity contribution in [2.75, 3.05) is 5.32 Å². The summed E-state index contributed by atoms with van der Waals surface area (Å²) in [7, 11) is 0. The Morgan fingerprint density at radius 2 is 1.88 bits per heavy atom. The van der Waals surface area contributed by atoms with Gasteiger partial charge in [-0.05, 0) is 23.8 Å². The normalized spacial score (nSPS) is 10.8. The molecule has 1 N–H and O–H groups in total. The average molecular weight is 328 g/mol. The van der Waals surface area contributed by atoms with Crippen LogP contribution in [0.15, 0.2) is 60.8 Å². The number of benzene rings is 2. The van der Waals surface area contributed by atoms with E-state index >= 15 is 0 Å². The molecule has 4 nitrogen and oxygen atoms in total. The summed E-state index contributed by atoms with van der Waals surface area (Å²) >= 11 is 0. The van der Waals surface area contributed by atoms with Crippen molar-refractivity contribution in [2.45, 2.75) is 13.0 Å². The second-order valence-corrected chi connectivity index (χ2v) is 5.09. The van der Waals surface area contributed by atoms with Gasteiger partial charge in [-0.25, -0.2) is 0 Å². The van der Waals surface area contributed by atoms with Gasteiger partial charge in [-0.1, -0.05) is 36.4 Å². The highest BCUT2D eigenvalue weighted by molar-refractivity contribution is 5.96. The molecule has 2 aromatic carbocycles. The molecule has 0 saturated heterocycles. The maximum atomic E-state index is 12.4. The molecule has 122 valence electrons. The summed E-state index contributed by atoms with van der Waals surface area (Å²) in [6.45, 7) is -2.95. The zero-order valence-electron chi connectivity index (χ0n) is 12.6. The lowest BCUT2D eigenvalue weighted by Gasteiger charge is -2.12. The molecule has 1 amide bonds. The third-order valence-corrected chi connectivity index (χ3v) is 3.44. The van der Waals surface area contributed by atoms with Gasteiger partial charge in [0.1, 0.15) is 5.75 Å². The Hall–Kier alpha value is -3.02. The summed E-state index contributed by atoms with van der Waals surface area (Å²) < 4.78 is 29.2. The fourth-order valence-corrected chi connectivity index (χ4v) is 2.45. The zero-order valence-corrected chi connectivity index (χ0v) is 12.6. The Morgan fingerprint density at radius 3 is 2.71 bits per heavy atom. The van der Waals surface area contributed by atoms with E-state index in [1.54, 1.807) is 18.3 Å². The van der Waals surface area contributed by atoms with Gasteiger partial charge >= 0.3 is 6.61 Å². The summed E-state index contributed by atoms with van der Waals surface area (Å²) in [5.41, 5.74) is 1.71. The third kappa shape index (κ3) is 3.65. The molecule has 0 atom stereocenters. The number of alkyl halides is 2. The molecule has 0 saturated carbocycles. The van der Waals surface area contributed by atoms with Crippen molar-refractivity contribution in [2.24, 2.45) is 0 Å². The second-order valence-electron chi connectivity index (χ2n) is 5.09. The molecule has 1 heterocycles. The van der Waals surface area contributed by atoms with Gasteiger partial charge in [-0.2, -0.15) is 8.78 Å². The van der Waals surface area contributed by atoms with Crippen LogP contribution in [0.3, 0.4) is 0 Å². The van der Waals surface area contributed by atoms with Crippen LogP contribution in [0.2, 0.25) is 0 Å². The van der Waals surface area contributed by atoms with E-state index in [2.05, 4.69) is 15.0 Å². The predicted molar refractivity (Wildman–Crippen MR) is 87.2 cm³/mol. The van der Waals surface area contributed by atoms with Crippen molar-refractivity contribution < 1.29 is 18.3 Å². The number of ether oxygens (including phenoxy) is 1. The Balaban J connectivity index is 1.79. The molecule has 6 heteroatoms. The standard InChI is InChI=1S/C18H14F2N2O2/c19-18(20)24-15-9-2-1-8-14(15)22-16(23)11-13-6-3-5-12-7-4-10-21-17(12)13/h1-10,18H,11H2,(H,22,23). The number of carbonyl (C=O) groups is 1. The smallest absolute Gasteiger partial charge is 0.387 e. The van der Waals surface area contributed by atoms with Crippen molar-refractivity contribution in [3.63, 3.8) is 0 Å². The number of halogens is 2. The van der Waals surface area contributed by atoms with Crippen LogP contribution in [0.5, 0.6) is 5.75 Å². The van der Waals surface area contributed by atoms with E-state index in [1.807, 2.05) is 30.3 Å². The van der Waals surface area contributed by atoms with E-state index in [0.717, 1.165) is 16.5 Å². The first kappa shape index (κ1) is 15.9. The molecule has 0 fully saturated rings. The van der Waals surface area contributed by atoms with Crippen molar-refractivity contribution >= 4 is 22.5 Å². The van der Waals surface area contributed by atoms with E-state index in [1.165, 1.54) is 12.1 Å². The van der Waals surface area contributed by atoms with Crippen molar-refractivity contribution in [1.82, 2.24) is 4.98 Å². The number of fused-ring (bicyclic) bond motifs is 1. The lowest BCUT2D eigenvalue weighted by Crippen LogP contribution is -2.16. The molecule has 3 rings (SSSR count). The summed E-state index contributed by atoms with van der Waals surface area (Å²) in [5.74, 6) is -0.407. The van der Waals surface area contributed by atoms with Crippen molar-refractivity contribution in [3.8, 4) is 5.75 Å². The van der Waals surface area contributed by atoms with E-state index in [4.69, 9.17) is 0 Å². The van der Waals surface area contributed by atoms with Gasteiger partial charge in [0, 0.05) is 11.6 Å². The first-order valence-electron chi connectivity index (χ1n) is 7.30. The first-order valence-corrected chi connectivity index (χ1v) is 7.30. The number of rotatable bonds is 5. The van der Waals surface area contributed by atoms with Gasteiger partial charge in [-0.3, -0.25) is 9.78 Å². The monoisotopic (exact) mass is 328 g/mol. The SMILES string of the molecule is O=C(Cc1cccc2cccnc12)Nc1ccccc1OC(F)F.